The molecule has 7 nitrogen and oxygen atoms in total. The van der Waals surface area contributed by atoms with E-state index in [9.17, 15) is 24.1 Å². The first-order valence-electron chi connectivity index (χ1n) is 5.75. The number of rotatable bonds is 6. The first kappa shape index (κ1) is 15.5. The Morgan fingerprint density at radius 1 is 1.45 bits per heavy atom. The number of non-ortho nitro benzene ring substituents is 1. The number of amides is 1. The Labute approximate surface area is 113 Å². The number of nitrogens with zero attached hydrogens (tertiary/aromatic N) is 1. The number of hydrogen-bond donors (Lipinski definition) is 2. The van der Waals surface area contributed by atoms with Gasteiger partial charge in [0.05, 0.1) is 10.6 Å². The van der Waals surface area contributed by atoms with E-state index >= 15 is 0 Å². The van der Waals surface area contributed by atoms with E-state index in [2.05, 4.69) is 5.32 Å². The van der Waals surface area contributed by atoms with Crippen LogP contribution < -0.4 is 5.32 Å². The summed E-state index contributed by atoms with van der Waals surface area (Å²) in [5.41, 5.74) is -0.646. The van der Waals surface area contributed by atoms with E-state index in [1.54, 1.807) is 6.92 Å². The van der Waals surface area contributed by atoms with Crippen LogP contribution in [-0.2, 0) is 9.59 Å². The molecule has 20 heavy (non-hydrogen) atoms. The normalized spacial score (nSPS) is 11.7. The number of carbonyl (C=O) groups is 2. The molecule has 0 aromatic heterocycles. The van der Waals surface area contributed by atoms with Crippen LogP contribution in [0.1, 0.15) is 19.8 Å². The topological polar surface area (TPSA) is 110 Å². The van der Waals surface area contributed by atoms with Gasteiger partial charge in [0, 0.05) is 25.0 Å². The number of nitrogens with one attached hydrogen (secondary N) is 1. The molecule has 1 unspecified atom stereocenters. The molecule has 0 heterocycles. The number of halogens is 1. The molecule has 0 saturated heterocycles. The van der Waals surface area contributed by atoms with E-state index in [1.807, 2.05) is 0 Å². The lowest BCUT2D eigenvalue weighted by Gasteiger charge is -2.10. The zero-order valence-corrected chi connectivity index (χ0v) is 10.6. The van der Waals surface area contributed by atoms with Crippen molar-refractivity contribution in [1.82, 2.24) is 0 Å². The van der Waals surface area contributed by atoms with Gasteiger partial charge in [-0.1, -0.05) is 6.92 Å². The van der Waals surface area contributed by atoms with Gasteiger partial charge in [0.1, 0.15) is 5.82 Å². The number of aliphatic carboxylic acids is 1. The summed E-state index contributed by atoms with van der Waals surface area (Å²) >= 11 is 0. The molecule has 0 aliphatic carbocycles. The second-order valence-corrected chi connectivity index (χ2v) is 4.38. The highest BCUT2D eigenvalue weighted by atomic mass is 19.1. The molecule has 0 fully saturated rings. The fourth-order valence-corrected chi connectivity index (χ4v) is 1.61. The Bertz CT molecular complexity index is 547. The molecule has 2 N–H and O–H groups in total. The Kier molecular flexibility index (Phi) is 5.13. The fourth-order valence-electron chi connectivity index (χ4n) is 1.61. The molecule has 1 atom stereocenters. The summed E-state index contributed by atoms with van der Waals surface area (Å²) in [6.07, 6.45) is -0.306. The largest absolute Gasteiger partial charge is 0.481 e. The minimum absolute atomic E-state index is 0.117. The molecule has 0 radical (unpaired) electrons. The van der Waals surface area contributed by atoms with Gasteiger partial charge < -0.3 is 10.4 Å². The van der Waals surface area contributed by atoms with Crippen LogP contribution in [0.4, 0.5) is 15.8 Å². The second-order valence-electron chi connectivity index (χ2n) is 4.38. The van der Waals surface area contributed by atoms with E-state index in [-0.39, 0.29) is 24.2 Å². The third-order valence-corrected chi connectivity index (χ3v) is 2.49. The molecular formula is C12H13FN2O5. The lowest BCUT2D eigenvalue weighted by Crippen LogP contribution is -2.17. The van der Waals surface area contributed by atoms with Gasteiger partial charge in [-0.15, -0.1) is 0 Å². The summed E-state index contributed by atoms with van der Waals surface area (Å²) in [6, 6.07) is 2.78. The van der Waals surface area contributed by atoms with Crippen molar-refractivity contribution in [3.63, 3.8) is 0 Å². The molecule has 0 aliphatic rings. The maximum Gasteiger partial charge on any atom is 0.303 e. The average Bonchev–Trinajstić information content (AvgIpc) is 2.30. The smallest absolute Gasteiger partial charge is 0.303 e. The maximum absolute atomic E-state index is 13.4. The van der Waals surface area contributed by atoms with Gasteiger partial charge in [-0.3, -0.25) is 19.7 Å². The van der Waals surface area contributed by atoms with Crippen molar-refractivity contribution in [2.75, 3.05) is 5.32 Å². The summed E-state index contributed by atoms with van der Waals surface area (Å²) in [7, 11) is 0. The minimum atomic E-state index is -1.04. The number of benzene rings is 1. The summed E-state index contributed by atoms with van der Waals surface area (Å²) in [4.78, 5) is 31.9. The van der Waals surface area contributed by atoms with Crippen molar-refractivity contribution >= 4 is 23.3 Å². The number of anilines is 1. The fraction of sp³-hybridized carbons (Fsp3) is 0.333. The molecule has 1 aromatic carbocycles. The van der Waals surface area contributed by atoms with Crippen molar-refractivity contribution in [2.24, 2.45) is 5.92 Å². The van der Waals surface area contributed by atoms with E-state index in [1.165, 1.54) is 0 Å². The average molecular weight is 284 g/mol. The van der Waals surface area contributed by atoms with Crippen molar-refractivity contribution < 1.29 is 24.0 Å². The van der Waals surface area contributed by atoms with Crippen molar-refractivity contribution in [2.45, 2.75) is 19.8 Å². The Morgan fingerprint density at radius 3 is 2.65 bits per heavy atom. The summed E-state index contributed by atoms with van der Waals surface area (Å²) in [6.45, 7) is 1.57. The van der Waals surface area contributed by atoms with Crippen LogP contribution in [0.3, 0.4) is 0 Å². The molecule has 8 heteroatoms. The Morgan fingerprint density at radius 2 is 2.10 bits per heavy atom. The highest BCUT2D eigenvalue weighted by molar-refractivity contribution is 5.91. The molecule has 0 saturated carbocycles. The van der Waals surface area contributed by atoms with Gasteiger partial charge in [0.25, 0.3) is 5.69 Å². The lowest BCUT2D eigenvalue weighted by atomic mass is 10.0. The van der Waals surface area contributed by atoms with E-state index in [4.69, 9.17) is 5.11 Å². The number of carboxylic acids is 1. The van der Waals surface area contributed by atoms with Gasteiger partial charge in [-0.25, -0.2) is 4.39 Å². The summed E-state index contributed by atoms with van der Waals surface area (Å²) in [5, 5.41) is 21.3. The third-order valence-electron chi connectivity index (χ3n) is 2.49. The first-order valence-corrected chi connectivity index (χ1v) is 5.75. The summed E-state index contributed by atoms with van der Waals surface area (Å²) < 4.78 is 13.4. The zero-order valence-electron chi connectivity index (χ0n) is 10.6. The molecule has 0 aliphatic heterocycles. The number of hydrogen-bond acceptors (Lipinski definition) is 4. The molecule has 0 spiro atoms. The molecule has 1 aromatic rings. The van der Waals surface area contributed by atoms with E-state index in [0.717, 1.165) is 18.2 Å². The zero-order chi connectivity index (χ0) is 15.3. The number of nitro benzene ring substituents is 1. The number of carboxylic acid groups (broad SMARTS) is 1. The standard InChI is InChI=1S/C12H13FN2O5/c1-7(5-12(17)18)4-11(16)14-10-6-8(15(19)20)2-3-9(10)13/h2-3,6-7H,4-5H2,1H3,(H,14,16)(H,17,18). The van der Waals surface area contributed by atoms with Gasteiger partial charge in [0.2, 0.25) is 5.91 Å². The van der Waals surface area contributed by atoms with Gasteiger partial charge in [-0.2, -0.15) is 0 Å². The quantitative estimate of drug-likeness (QED) is 0.614. The van der Waals surface area contributed by atoms with Crippen LogP contribution in [-0.4, -0.2) is 21.9 Å². The minimum Gasteiger partial charge on any atom is -0.481 e. The van der Waals surface area contributed by atoms with Crippen LogP contribution in [0.5, 0.6) is 0 Å². The van der Waals surface area contributed by atoms with Gasteiger partial charge in [-0.05, 0) is 12.0 Å². The SMILES string of the molecule is CC(CC(=O)O)CC(=O)Nc1cc([N+](=O)[O-])ccc1F. The van der Waals surface area contributed by atoms with Crippen LogP contribution in [0.25, 0.3) is 0 Å². The monoisotopic (exact) mass is 284 g/mol. The van der Waals surface area contributed by atoms with Gasteiger partial charge in [0.15, 0.2) is 0 Å². The van der Waals surface area contributed by atoms with Crippen molar-refractivity contribution in [3.05, 3.63) is 34.1 Å². The van der Waals surface area contributed by atoms with E-state index < -0.39 is 28.5 Å². The van der Waals surface area contributed by atoms with E-state index in [0.29, 0.717) is 0 Å². The lowest BCUT2D eigenvalue weighted by molar-refractivity contribution is -0.384. The molecule has 108 valence electrons. The number of carbonyl (C=O) groups excluding carboxylic acids is 1. The number of nitro groups is 1. The highest BCUT2D eigenvalue weighted by Gasteiger charge is 2.16. The molecule has 1 amide bonds. The predicted octanol–water partition coefficient (Wildman–Crippen LogP) is 2.17. The highest BCUT2D eigenvalue weighted by Crippen LogP contribution is 2.21. The molecule has 1 rings (SSSR count). The second kappa shape index (κ2) is 6.60. The third kappa shape index (κ3) is 4.63. The molecular weight excluding hydrogens is 271 g/mol. The van der Waals surface area contributed by atoms with Crippen LogP contribution in [0, 0.1) is 21.8 Å². The van der Waals surface area contributed by atoms with Crippen LogP contribution in [0.2, 0.25) is 0 Å². The van der Waals surface area contributed by atoms with Crippen LogP contribution >= 0.6 is 0 Å². The molecule has 0 bridgehead atoms. The maximum atomic E-state index is 13.4. The summed E-state index contributed by atoms with van der Waals surface area (Å²) in [5.74, 6) is -2.85. The first-order chi connectivity index (χ1) is 9.29. The Hall–Kier alpha value is -2.51. The van der Waals surface area contributed by atoms with Crippen molar-refractivity contribution in [3.8, 4) is 0 Å². The van der Waals surface area contributed by atoms with Crippen LogP contribution in [0.15, 0.2) is 18.2 Å². The van der Waals surface area contributed by atoms with Crippen molar-refractivity contribution in [1.29, 1.82) is 0 Å². The van der Waals surface area contributed by atoms with Gasteiger partial charge >= 0.3 is 5.97 Å². The Balaban J connectivity index is 2.72. The predicted molar refractivity (Wildman–Crippen MR) is 67.7 cm³/mol.